The van der Waals surface area contributed by atoms with Gasteiger partial charge in [0, 0.05) is 46.0 Å². The summed E-state index contributed by atoms with van der Waals surface area (Å²) in [7, 11) is 3.85. The molecule has 144 valence electrons. The van der Waals surface area contributed by atoms with Gasteiger partial charge in [-0.2, -0.15) is 0 Å². The minimum atomic E-state index is 0. The highest BCUT2D eigenvalue weighted by Crippen LogP contribution is 2.16. The lowest BCUT2D eigenvalue weighted by Crippen LogP contribution is -2.47. The van der Waals surface area contributed by atoms with Crippen molar-refractivity contribution < 1.29 is 4.79 Å². The van der Waals surface area contributed by atoms with Crippen molar-refractivity contribution in [3.63, 3.8) is 0 Å². The largest absolute Gasteiger partial charge is 0.360 e. The Hall–Kier alpha value is -1.77. The van der Waals surface area contributed by atoms with Crippen LogP contribution in [-0.2, 0) is 11.3 Å². The summed E-state index contributed by atoms with van der Waals surface area (Å²) in [6.45, 7) is 7.41. The number of amides is 1. The molecule has 6 nitrogen and oxygen atoms in total. The van der Waals surface area contributed by atoms with Gasteiger partial charge in [-0.25, -0.2) is 0 Å². The fourth-order valence-electron chi connectivity index (χ4n) is 2.83. The highest BCUT2D eigenvalue weighted by atomic mass is 127. The lowest BCUT2D eigenvalue weighted by Gasteiger charge is -2.28. The summed E-state index contributed by atoms with van der Waals surface area (Å²) in [5.41, 5.74) is 2.27. The second kappa shape index (κ2) is 11.8. The Bertz CT molecular complexity index is 602. The van der Waals surface area contributed by atoms with Crippen LogP contribution >= 0.6 is 24.0 Å². The molecule has 0 spiro atoms. The first-order chi connectivity index (χ1) is 12.1. The Labute approximate surface area is 173 Å². The lowest BCUT2D eigenvalue weighted by molar-refractivity contribution is -0.120. The summed E-state index contributed by atoms with van der Waals surface area (Å²) in [5, 5.41) is 6.24. The molecule has 0 aliphatic carbocycles. The van der Waals surface area contributed by atoms with E-state index in [0.717, 1.165) is 44.1 Å². The predicted octanol–water partition coefficient (Wildman–Crippen LogP) is 2.21. The van der Waals surface area contributed by atoms with Crippen molar-refractivity contribution >= 4 is 41.5 Å². The molecule has 1 aromatic rings. The molecule has 2 rings (SSSR count). The van der Waals surface area contributed by atoms with Gasteiger partial charge in [-0.3, -0.25) is 9.79 Å². The van der Waals surface area contributed by atoms with Gasteiger partial charge in [-0.1, -0.05) is 18.2 Å². The normalized spacial score (nSPS) is 14.3. The maximum atomic E-state index is 11.5. The Morgan fingerprint density at radius 1 is 1.42 bits per heavy atom. The molecule has 2 N–H and O–H groups in total. The van der Waals surface area contributed by atoms with E-state index in [9.17, 15) is 4.79 Å². The average Bonchev–Trinajstić information content (AvgIpc) is 2.63. The van der Waals surface area contributed by atoms with Crippen molar-refractivity contribution in [2.45, 2.75) is 19.4 Å². The van der Waals surface area contributed by atoms with Crippen molar-refractivity contribution in [1.29, 1.82) is 0 Å². The van der Waals surface area contributed by atoms with Gasteiger partial charge in [0.1, 0.15) is 0 Å². The number of nitrogens with zero attached hydrogens (tertiary/aromatic N) is 3. The van der Waals surface area contributed by atoms with E-state index in [0.29, 0.717) is 13.1 Å². The molecule has 1 amide bonds. The van der Waals surface area contributed by atoms with Crippen molar-refractivity contribution in [2.24, 2.45) is 4.99 Å². The smallest absolute Gasteiger partial charge is 0.239 e. The second-order valence-electron chi connectivity index (χ2n) is 6.19. The number of hydrogen-bond donors (Lipinski definition) is 2. The van der Waals surface area contributed by atoms with Gasteiger partial charge < -0.3 is 20.4 Å². The number of aliphatic imine (C=N–C) groups is 1. The molecule has 26 heavy (non-hydrogen) atoms. The van der Waals surface area contributed by atoms with E-state index in [1.807, 2.05) is 13.1 Å². The molecule has 1 heterocycles. The first kappa shape index (κ1) is 22.3. The molecular weight excluding hydrogens is 441 g/mol. The summed E-state index contributed by atoms with van der Waals surface area (Å²) in [4.78, 5) is 20.1. The van der Waals surface area contributed by atoms with E-state index in [4.69, 9.17) is 0 Å². The van der Waals surface area contributed by atoms with Crippen molar-refractivity contribution in [3.8, 4) is 0 Å². The van der Waals surface area contributed by atoms with Crippen LogP contribution < -0.4 is 15.5 Å². The van der Waals surface area contributed by atoms with Crippen LogP contribution in [0.3, 0.4) is 0 Å². The van der Waals surface area contributed by atoms with Crippen LogP contribution in [0.25, 0.3) is 0 Å². The van der Waals surface area contributed by atoms with Crippen LogP contribution in [0.15, 0.2) is 41.9 Å². The van der Waals surface area contributed by atoms with E-state index in [2.05, 4.69) is 56.3 Å². The highest BCUT2D eigenvalue weighted by molar-refractivity contribution is 14.0. The van der Waals surface area contributed by atoms with Crippen molar-refractivity contribution in [2.75, 3.05) is 45.2 Å². The Morgan fingerprint density at radius 3 is 2.77 bits per heavy atom. The maximum Gasteiger partial charge on any atom is 0.239 e. The van der Waals surface area contributed by atoms with Crippen LogP contribution in [0.5, 0.6) is 0 Å². The molecule has 0 bridgehead atoms. The quantitative estimate of drug-likeness (QED) is 0.211. The van der Waals surface area contributed by atoms with Crippen LogP contribution in [0.1, 0.15) is 18.4 Å². The third-order valence-electron chi connectivity index (χ3n) is 4.27. The zero-order valence-electron chi connectivity index (χ0n) is 15.7. The van der Waals surface area contributed by atoms with Crippen LogP contribution in [0.2, 0.25) is 0 Å². The molecule has 7 heteroatoms. The van der Waals surface area contributed by atoms with E-state index in [1.54, 1.807) is 7.05 Å². The number of carbonyl (C=O) groups is 1. The zero-order chi connectivity index (χ0) is 18.1. The highest BCUT2D eigenvalue weighted by Gasteiger charge is 2.16. The summed E-state index contributed by atoms with van der Waals surface area (Å²) in [5.74, 6) is 0.973. The molecular formula is C19H30IN5O. The first-order valence-electron chi connectivity index (χ1n) is 8.77. The van der Waals surface area contributed by atoms with Crippen LogP contribution in [-0.4, -0.2) is 57.0 Å². The van der Waals surface area contributed by atoms with Crippen molar-refractivity contribution in [1.82, 2.24) is 15.5 Å². The Balaban J connectivity index is 0.00000338. The molecule has 0 atom stereocenters. The van der Waals surface area contributed by atoms with Gasteiger partial charge in [-0.05, 0) is 30.5 Å². The molecule has 0 unspecified atom stereocenters. The molecule has 0 saturated carbocycles. The third-order valence-corrected chi connectivity index (χ3v) is 4.27. The van der Waals surface area contributed by atoms with Crippen LogP contribution in [0, 0.1) is 0 Å². The Morgan fingerprint density at radius 2 is 2.15 bits per heavy atom. The summed E-state index contributed by atoms with van der Waals surface area (Å²) >= 11 is 0. The number of allylic oxidation sites excluding steroid dienone is 1. The van der Waals surface area contributed by atoms with Gasteiger partial charge >= 0.3 is 0 Å². The number of piperazine rings is 1. The fourth-order valence-corrected chi connectivity index (χ4v) is 2.83. The van der Waals surface area contributed by atoms with Gasteiger partial charge in [0.05, 0.1) is 6.54 Å². The van der Waals surface area contributed by atoms with Gasteiger partial charge in [-0.15, -0.1) is 30.6 Å². The summed E-state index contributed by atoms with van der Waals surface area (Å²) in [6, 6.07) is 8.35. The minimum Gasteiger partial charge on any atom is -0.360 e. The summed E-state index contributed by atoms with van der Waals surface area (Å²) < 4.78 is 0. The topological polar surface area (TPSA) is 60.0 Å². The Kier molecular flexibility index (Phi) is 10.1. The molecule has 1 aliphatic rings. The second-order valence-corrected chi connectivity index (χ2v) is 6.19. The number of carbonyl (C=O) groups excluding carboxylic acids is 1. The number of guanidine groups is 1. The number of nitrogens with one attached hydrogen (secondary N) is 2. The standard InChI is InChI=1S/C19H29N5O.HI/c1-4-5-6-12-23(3)19(20-2)22-14-16-7-9-17(10-8-16)24-13-11-21-18(25)15-24;/h4,7-10H,1,5-6,11-15H2,2-3H3,(H,20,22)(H,21,25);1H. The molecule has 1 saturated heterocycles. The number of unbranched alkanes of at least 4 members (excludes halogenated alkanes) is 1. The van der Waals surface area contributed by atoms with Gasteiger partial charge in [0.15, 0.2) is 5.96 Å². The molecule has 0 radical (unpaired) electrons. The number of anilines is 1. The van der Waals surface area contributed by atoms with E-state index in [1.165, 1.54) is 5.56 Å². The van der Waals surface area contributed by atoms with E-state index < -0.39 is 0 Å². The lowest BCUT2D eigenvalue weighted by atomic mass is 10.2. The molecule has 1 aromatic carbocycles. The number of halogens is 1. The zero-order valence-corrected chi connectivity index (χ0v) is 18.0. The number of benzene rings is 1. The predicted molar refractivity (Wildman–Crippen MR) is 119 cm³/mol. The maximum absolute atomic E-state index is 11.5. The van der Waals surface area contributed by atoms with Crippen molar-refractivity contribution in [3.05, 3.63) is 42.5 Å². The number of rotatable bonds is 7. The molecule has 0 aromatic heterocycles. The first-order valence-corrected chi connectivity index (χ1v) is 8.77. The monoisotopic (exact) mass is 471 g/mol. The van der Waals surface area contributed by atoms with Gasteiger partial charge in [0.25, 0.3) is 0 Å². The molecule has 1 fully saturated rings. The van der Waals surface area contributed by atoms with Gasteiger partial charge in [0.2, 0.25) is 5.91 Å². The summed E-state index contributed by atoms with van der Waals surface area (Å²) in [6.07, 6.45) is 4.02. The molecule has 1 aliphatic heterocycles. The number of hydrogen-bond acceptors (Lipinski definition) is 3. The third kappa shape index (κ3) is 6.86. The SMILES string of the molecule is C=CCCCN(C)C(=NC)NCc1ccc(N2CCNC(=O)C2)cc1.I. The van der Waals surface area contributed by atoms with E-state index >= 15 is 0 Å². The van der Waals surface area contributed by atoms with E-state index in [-0.39, 0.29) is 29.9 Å². The van der Waals surface area contributed by atoms with Crippen LogP contribution in [0.4, 0.5) is 5.69 Å². The minimum absolute atomic E-state index is 0. The fraction of sp³-hybridized carbons (Fsp3) is 0.474. The average molecular weight is 471 g/mol.